The molecule has 0 N–H and O–H groups in total. The highest BCUT2D eigenvalue weighted by atomic mass is 32.2. The van der Waals surface area contributed by atoms with Gasteiger partial charge in [-0.3, -0.25) is 4.99 Å². The molecule has 0 spiro atoms. The molecule has 3 rings (SSSR count). The van der Waals surface area contributed by atoms with Crippen molar-refractivity contribution in [2.24, 2.45) is 4.99 Å². The summed E-state index contributed by atoms with van der Waals surface area (Å²) >= 11 is 1.77. The van der Waals surface area contributed by atoms with Gasteiger partial charge in [0.1, 0.15) is 5.75 Å². The average molecular weight is 333 g/mol. The van der Waals surface area contributed by atoms with Crippen LogP contribution in [0.2, 0.25) is 0 Å². The summed E-state index contributed by atoms with van der Waals surface area (Å²) in [6.45, 7) is 2.10. The van der Waals surface area contributed by atoms with Crippen LogP contribution in [0.25, 0.3) is 0 Å². The maximum atomic E-state index is 5.15. The Balaban J connectivity index is 1.65. The minimum atomic E-state index is 0.839. The van der Waals surface area contributed by atoms with Crippen LogP contribution >= 0.6 is 11.8 Å². The third-order valence-electron chi connectivity index (χ3n) is 3.57. The zero-order chi connectivity index (χ0) is 16.8. The molecular formula is C21H19NOS. The first kappa shape index (κ1) is 16.3. The lowest BCUT2D eigenvalue weighted by molar-refractivity contribution is 0.415. The van der Waals surface area contributed by atoms with Crippen LogP contribution in [0.15, 0.2) is 87.6 Å². The maximum absolute atomic E-state index is 5.15. The molecule has 0 atom stereocenters. The number of rotatable bonds is 5. The Labute approximate surface area is 147 Å². The third-order valence-corrected chi connectivity index (χ3v) is 4.59. The lowest BCUT2D eigenvalue weighted by Gasteiger charge is -2.03. The smallest absolute Gasteiger partial charge is 0.119 e. The number of ether oxygens (including phenoxy) is 1. The van der Waals surface area contributed by atoms with Gasteiger partial charge in [0.05, 0.1) is 12.8 Å². The molecule has 0 aliphatic carbocycles. The van der Waals surface area contributed by atoms with Crippen LogP contribution in [-0.2, 0) is 0 Å². The van der Waals surface area contributed by atoms with Crippen molar-refractivity contribution in [3.8, 4) is 5.75 Å². The molecule has 3 aromatic carbocycles. The van der Waals surface area contributed by atoms with Gasteiger partial charge in [-0.1, -0.05) is 41.6 Å². The van der Waals surface area contributed by atoms with Crippen molar-refractivity contribution >= 4 is 23.7 Å². The molecule has 0 bridgehead atoms. The standard InChI is InChI=1S/C21H19NOS/c1-16-3-11-20(12-4-16)24-21-13-5-17(6-14-21)15-22-18-7-9-19(23-2)10-8-18/h3-15H,1-2H3. The lowest BCUT2D eigenvalue weighted by atomic mass is 10.2. The van der Waals surface area contributed by atoms with Gasteiger partial charge < -0.3 is 4.74 Å². The van der Waals surface area contributed by atoms with Gasteiger partial charge in [0, 0.05) is 16.0 Å². The van der Waals surface area contributed by atoms with Crippen LogP contribution < -0.4 is 4.74 Å². The van der Waals surface area contributed by atoms with Crippen molar-refractivity contribution in [3.05, 3.63) is 83.9 Å². The highest BCUT2D eigenvalue weighted by molar-refractivity contribution is 7.99. The second kappa shape index (κ2) is 7.84. The van der Waals surface area contributed by atoms with Crippen LogP contribution in [0.4, 0.5) is 5.69 Å². The van der Waals surface area contributed by atoms with Crippen LogP contribution in [-0.4, -0.2) is 13.3 Å². The molecule has 3 heteroatoms. The molecule has 0 aromatic heterocycles. The fourth-order valence-corrected chi connectivity index (χ4v) is 3.00. The summed E-state index contributed by atoms with van der Waals surface area (Å²) in [7, 11) is 1.66. The van der Waals surface area contributed by atoms with Crippen molar-refractivity contribution in [1.82, 2.24) is 0 Å². The van der Waals surface area contributed by atoms with Crippen molar-refractivity contribution in [3.63, 3.8) is 0 Å². The number of benzene rings is 3. The predicted octanol–water partition coefficient (Wildman–Crippen LogP) is 5.91. The molecule has 24 heavy (non-hydrogen) atoms. The second-order valence-corrected chi connectivity index (χ2v) is 6.59. The summed E-state index contributed by atoms with van der Waals surface area (Å²) in [5.74, 6) is 0.839. The van der Waals surface area contributed by atoms with E-state index in [0.29, 0.717) is 0 Å². The van der Waals surface area contributed by atoms with Gasteiger partial charge in [0.15, 0.2) is 0 Å². The minimum absolute atomic E-state index is 0.839. The molecule has 0 aliphatic heterocycles. The summed E-state index contributed by atoms with van der Waals surface area (Å²) in [4.78, 5) is 6.96. The summed E-state index contributed by atoms with van der Waals surface area (Å²) < 4.78 is 5.15. The van der Waals surface area contributed by atoms with Gasteiger partial charge in [0.2, 0.25) is 0 Å². The van der Waals surface area contributed by atoms with E-state index in [1.54, 1.807) is 18.9 Å². The highest BCUT2D eigenvalue weighted by Gasteiger charge is 1.98. The molecular weight excluding hydrogens is 314 g/mol. The fraction of sp³-hybridized carbons (Fsp3) is 0.0952. The normalized spacial score (nSPS) is 10.9. The molecule has 0 fully saturated rings. The van der Waals surface area contributed by atoms with Gasteiger partial charge in [0.25, 0.3) is 0 Å². The van der Waals surface area contributed by atoms with Gasteiger partial charge in [-0.25, -0.2) is 0 Å². The lowest BCUT2D eigenvalue weighted by Crippen LogP contribution is -1.82. The summed E-state index contributed by atoms with van der Waals surface area (Å²) in [6, 6.07) is 24.7. The van der Waals surface area contributed by atoms with E-state index in [-0.39, 0.29) is 0 Å². The topological polar surface area (TPSA) is 21.6 Å². The molecule has 120 valence electrons. The Hall–Kier alpha value is -2.52. The van der Waals surface area contributed by atoms with Crippen molar-refractivity contribution in [1.29, 1.82) is 0 Å². The number of aliphatic imine (C=N–C) groups is 1. The molecule has 0 heterocycles. The molecule has 0 saturated heterocycles. The molecule has 2 nitrogen and oxygen atoms in total. The summed E-state index contributed by atoms with van der Waals surface area (Å²) in [6.07, 6.45) is 1.88. The summed E-state index contributed by atoms with van der Waals surface area (Å²) in [5.41, 5.74) is 3.28. The highest BCUT2D eigenvalue weighted by Crippen LogP contribution is 2.27. The zero-order valence-electron chi connectivity index (χ0n) is 13.8. The Bertz CT molecular complexity index is 806. The van der Waals surface area contributed by atoms with E-state index in [1.165, 1.54) is 15.4 Å². The van der Waals surface area contributed by atoms with Crippen LogP contribution in [0.1, 0.15) is 11.1 Å². The maximum Gasteiger partial charge on any atom is 0.119 e. The Morgan fingerprint density at radius 3 is 1.96 bits per heavy atom. The Kier molecular flexibility index (Phi) is 5.34. The van der Waals surface area contributed by atoms with E-state index in [9.17, 15) is 0 Å². The van der Waals surface area contributed by atoms with E-state index in [4.69, 9.17) is 4.74 Å². The van der Waals surface area contributed by atoms with Gasteiger partial charge in [-0.2, -0.15) is 0 Å². The van der Waals surface area contributed by atoms with Gasteiger partial charge >= 0.3 is 0 Å². The number of hydrogen-bond donors (Lipinski definition) is 0. The molecule has 3 aromatic rings. The average Bonchev–Trinajstić information content (AvgIpc) is 2.63. The monoisotopic (exact) mass is 333 g/mol. The molecule has 0 saturated carbocycles. The van der Waals surface area contributed by atoms with E-state index in [1.807, 2.05) is 30.5 Å². The molecule has 0 unspecified atom stereocenters. The summed E-state index contributed by atoms with van der Waals surface area (Å²) in [5, 5.41) is 0. The van der Waals surface area contributed by atoms with Crippen LogP contribution in [0, 0.1) is 6.92 Å². The number of nitrogens with zero attached hydrogens (tertiary/aromatic N) is 1. The van der Waals surface area contributed by atoms with Crippen LogP contribution in [0.3, 0.4) is 0 Å². The first-order valence-electron chi connectivity index (χ1n) is 7.76. The molecule has 0 amide bonds. The zero-order valence-corrected chi connectivity index (χ0v) is 14.6. The van der Waals surface area contributed by atoms with E-state index in [2.05, 4.69) is 60.4 Å². The van der Waals surface area contributed by atoms with Crippen molar-refractivity contribution < 1.29 is 4.74 Å². The number of aryl methyl sites for hydroxylation is 1. The van der Waals surface area contributed by atoms with E-state index < -0.39 is 0 Å². The molecule has 0 radical (unpaired) electrons. The van der Waals surface area contributed by atoms with E-state index >= 15 is 0 Å². The van der Waals surface area contributed by atoms with Crippen molar-refractivity contribution in [2.75, 3.05) is 7.11 Å². The van der Waals surface area contributed by atoms with E-state index in [0.717, 1.165) is 17.0 Å². The third kappa shape index (κ3) is 4.49. The molecule has 0 aliphatic rings. The van der Waals surface area contributed by atoms with Crippen LogP contribution in [0.5, 0.6) is 5.75 Å². The quantitative estimate of drug-likeness (QED) is 0.542. The Morgan fingerprint density at radius 2 is 1.38 bits per heavy atom. The first-order chi connectivity index (χ1) is 11.7. The van der Waals surface area contributed by atoms with Gasteiger partial charge in [-0.05, 0) is 61.0 Å². The first-order valence-corrected chi connectivity index (χ1v) is 8.57. The Morgan fingerprint density at radius 1 is 0.792 bits per heavy atom. The second-order valence-electron chi connectivity index (χ2n) is 5.44. The number of methoxy groups -OCH3 is 1. The fourth-order valence-electron chi connectivity index (χ4n) is 2.18. The largest absolute Gasteiger partial charge is 0.497 e. The van der Waals surface area contributed by atoms with Crippen molar-refractivity contribution in [2.45, 2.75) is 16.7 Å². The predicted molar refractivity (Wildman–Crippen MR) is 102 cm³/mol. The minimum Gasteiger partial charge on any atom is -0.497 e. The SMILES string of the molecule is COc1ccc(N=Cc2ccc(Sc3ccc(C)cc3)cc2)cc1. The van der Waals surface area contributed by atoms with Gasteiger partial charge in [-0.15, -0.1) is 0 Å². The number of hydrogen-bond acceptors (Lipinski definition) is 3.